The third kappa shape index (κ3) is 12.3. The average molecular weight is 848 g/mol. The second-order valence-corrected chi connectivity index (χ2v) is 16.9. The highest BCUT2D eigenvalue weighted by molar-refractivity contribution is 6.02. The van der Waals surface area contributed by atoms with Crippen molar-refractivity contribution in [2.24, 2.45) is 22.9 Å². The first-order valence-electron chi connectivity index (χ1n) is 22.7. The molecule has 0 unspecified atom stereocenters. The maximum Gasteiger partial charge on any atom is 0.409 e. The van der Waals surface area contributed by atoms with Gasteiger partial charge in [-0.2, -0.15) is 0 Å². The number of rotatable bonds is 27. The molecule has 6 atom stereocenters. The van der Waals surface area contributed by atoms with Gasteiger partial charge in [0.25, 0.3) is 5.69 Å². The Labute approximate surface area is 361 Å². The van der Waals surface area contributed by atoms with Gasteiger partial charge in [-0.25, -0.2) is 4.79 Å². The predicted molar refractivity (Wildman–Crippen MR) is 235 cm³/mol. The summed E-state index contributed by atoms with van der Waals surface area (Å²) >= 11 is 0. The number of phenols is 1. The van der Waals surface area contributed by atoms with Crippen LogP contribution >= 0.6 is 0 Å². The number of allylic oxidation sites excluding steroid dienone is 1. The number of aliphatic hydroxyl groups is 2. The number of hydrogen-bond acceptors (Lipinski definition) is 11. The number of nitrogens with zero attached hydrogens (tertiary/aromatic N) is 3. The van der Waals surface area contributed by atoms with Crippen molar-refractivity contribution >= 4 is 17.5 Å². The number of carbonyl (C=O) groups is 1. The summed E-state index contributed by atoms with van der Waals surface area (Å²) in [5.74, 6) is -1.51. The second-order valence-electron chi connectivity index (χ2n) is 16.9. The first kappa shape index (κ1) is 47.6. The molecular weight excluding hydrogens is 779 g/mol. The van der Waals surface area contributed by atoms with E-state index in [1.54, 1.807) is 48.4 Å². The standard InChI is InChI=1S/C48H69N3O10/c1-4-6-7-8-9-10-11-12-13-18-30-58-47(55)50(3)44-33-42(49-60-34-35-21-23-37(24-22-35)51(56)57)40-31-36(19-14-16-27-52)39(20-15-17-28-53)45-41-32-38(54)25-26-43(41)61-48(44,46(40)45)59-29-5-2/h5,21-26,31-32,36,39,44-46,52-54H,2,4,6-20,27-30,33-34H2,1,3H3/t36-,39+,44-,45+,46+,48+/m0/s1. The molecule has 0 bridgehead atoms. The lowest BCUT2D eigenvalue weighted by atomic mass is 9.55. The number of amides is 1. The Morgan fingerprint density at radius 3 is 2.30 bits per heavy atom. The summed E-state index contributed by atoms with van der Waals surface area (Å²) in [4.78, 5) is 32.6. The number of fused-ring (bicyclic) bond motifs is 2. The lowest BCUT2D eigenvalue weighted by Gasteiger charge is -2.59. The van der Waals surface area contributed by atoms with Crippen molar-refractivity contribution in [3.63, 3.8) is 0 Å². The van der Waals surface area contributed by atoms with E-state index in [1.807, 2.05) is 0 Å². The molecule has 1 fully saturated rings. The molecule has 13 nitrogen and oxygen atoms in total. The van der Waals surface area contributed by atoms with E-state index < -0.39 is 28.8 Å². The molecule has 1 heterocycles. The molecule has 0 saturated heterocycles. The number of unbranched alkanes of at least 4 members (excludes halogenated alkanes) is 11. The molecule has 0 aromatic heterocycles. The molecule has 0 radical (unpaired) electrons. The molecule has 2 aromatic carbocycles. The predicted octanol–water partition coefficient (Wildman–Crippen LogP) is 10.1. The molecule has 3 N–H and O–H groups in total. The maximum absolute atomic E-state index is 14.1. The number of nitro benzene ring substituents is 1. The summed E-state index contributed by atoms with van der Waals surface area (Å²) in [5, 5.41) is 46.6. The van der Waals surface area contributed by atoms with E-state index in [0.717, 1.165) is 56.1 Å². The summed E-state index contributed by atoms with van der Waals surface area (Å²) in [5.41, 5.74) is 2.98. The molecular formula is C48H69N3O10. The fourth-order valence-corrected chi connectivity index (χ4v) is 9.61. The Bertz CT molecular complexity index is 1770. The number of carbonyl (C=O) groups excluding carboxylic acids is 1. The van der Waals surface area contributed by atoms with Gasteiger partial charge >= 0.3 is 6.09 Å². The Hall–Kier alpha value is -4.46. The quantitative estimate of drug-likeness (QED) is 0.0340. The minimum absolute atomic E-state index is 0.0183. The van der Waals surface area contributed by atoms with Crippen LogP contribution in [-0.2, 0) is 20.9 Å². The molecule has 2 aliphatic carbocycles. The van der Waals surface area contributed by atoms with Gasteiger partial charge in [-0.3, -0.25) is 10.1 Å². The van der Waals surface area contributed by atoms with E-state index in [1.165, 1.54) is 57.1 Å². The Morgan fingerprint density at radius 1 is 0.967 bits per heavy atom. The largest absolute Gasteiger partial charge is 0.508 e. The van der Waals surface area contributed by atoms with Crippen molar-refractivity contribution < 1.29 is 44.1 Å². The molecule has 336 valence electrons. The third-order valence-electron chi connectivity index (χ3n) is 12.7. The molecule has 2 aromatic rings. The van der Waals surface area contributed by atoms with Crippen LogP contribution in [0.1, 0.15) is 133 Å². The van der Waals surface area contributed by atoms with Gasteiger partial charge in [-0.15, -0.1) is 6.58 Å². The monoisotopic (exact) mass is 847 g/mol. The molecule has 1 amide bonds. The van der Waals surface area contributed by atoms with Crippen molar-refractivity contribution in [3.8, 4) is 11.5 Å². The summed E-state index contributed by atoms with van der Waals surface area (Å²) in [6, 6.07) is 10.5. The number of benzene rings is 2. The first-order valence-corrected chi connectivity index (χ1v) is 22.7. The zero-order valence-corrected chi connectivity index (χ0v) is 36.4. The zero-order valence-electron chi connectivity index (χ0n) is 36.4. The average Bonchev–Trinajstić information content (AvgIpc) is 3.26. The summed E-state index contributed by atoms with van der Waals surface area (Å²) in [6.45, 7) is 6.82. The van der Waals surface area contributed by atoms with Crippen LogP contribution in [0.4, 0.5) is 10.5 Å². The molecule has 13 heteroatoms. The number of phenolic OH excluding ortho intramolecular Hbond substituents is 1. The number of aromatic hydroxyl groups is 1. The molecule has 5 rings (SSSR count). The van der Waals surface area contributed by atoms with Crippen LogP contribution in [0.2, 0.25) is 0 Å². The number of aliphatic hydroxyl groups excluding tert-OH is 2. The van der Waals surface area contributed by atoms with Gasteiger partial charge in [-0.05, 0) is 85.4 Å². The van der Waals surface area contributed by atoms with E-state index >= 15 is 0 Å². The smallest absolute Gasteiger partial charge is 0.409 e. The number of oxime groups is 1. The highest BCUT2D eigenvalue weighted by Gasteiger charge is 2.65. The van der Waals surface area contributed by atoms with Crippen molar-refractivity contribution in [2.45, 2.75) is 140 Å². The first-order chi connectivity index (χ1) is 29.7. The fraction of sp³-hybridized carbons (Fsp3) is 0.625. The summed E-state index contributed by atoms with van der Waals surface area (Å²) in [7, 11) is 1.71. The van der Waals surface area contributed by atoms with Crippen molar-refractivity contribution in [3.05, 3.63) is 88.0 Å². The SMILES string of the molecule is C=CCO[C@@]12Oc3ccc(O)cc3[C@H]3[C@H](CCCCO)[C@@H](CCCCO)C=C(C(=NOCc4ccc([N+](=O)[O-])cc4)C[C@@H]1N(C)C(=O)OCCCCCCCCCCCC)[C@H]32. The second kappa shape index (κ2) is 24.2. The van der Waals surface area contributed by atoms with E-state index in [9.17, 15) is 30.2 Å². The number of hydrogen-bond donors (Lipinski definition) is 3. The minimum Gasteiger partial charge on any atom is -0.508 e. The van der Waals surface area contributed by atoms with Gasteiger partial charge in [0, 0.05) is 50.3 Å². The number of nitro groups is 1. The lowest BCUT2D eigenvalue weighted by molar-refractivity contribution is -0.384. The number of ether oxygens (including phenoxy) is 3. The van der Waals surface area contributed by atoms with Gasteiger partial charge in [0.1, 0.15) is 24.1 Å². The Balaban J connectivity index is 1.50. The number of non-ortho nitro benzene ring substituents is 1. The summed E-state index contributed by atoms with van der Waals surface area (Å²) in [6.07, 6.45) is 19.7. The molecule has 3 aliphatic rings. The van der Waals surface area contributed by atoms with Gasteiger partial charge in [0.15, 0.2) is 0 Å². The number of likely N-dealkylation sites (N-methyl/N-ethyl adjacent to an activating group) is 1. The Kier molecular flexibility index (Phi) is 18.9. The van der Waals surface area contributed by atoms with Crippen LogP contribution in [0.3, 0.4) is 0 Å². The summed E-state index contributed by atoms with van der Waals surface area (Å²) < 4.78 is 19.9. The van der Waals surface area contributed by atoms with Crippen molar-refractivity contribution in [2.75, 3.05) is 33.5 Å². The van der Waals surface area contributed by atoms with E-state index in [4.69, 9.17) is 24.2 Å². The van der Waals surface area contributed by atoms with Crippen molar-refractivity contribution in [1.29, 1.82) is 0 Å². The van der Waals surface area contributed by atoms with E-state index in [-0.39, 0.29) is 68.6 Å². The van der Waals surface area contributed by atoms with Crippen LogP contribution in [0, 0.1) is 27.9 Å². The van der Waals surface area contributed by atoms with E-state index in [2.05, 4.69) is 19.6 Å². The van der Waals surface area contributed by atoms with Gasteiger partial charge in [0.2, 0.25) is 5.79 Å². The maximum atomic E-state index is 14.1. The van der Waals surface area contributed by atoms with Gasteiger partial charge in [0.05, 0.1) is 29.8 Å². The highest BCUT2D eigenvalue weighted by atomic mass is 16.7. The fourth-order valence-electron chi connectivity index (χ4n) is 9.61. The van der Waals surface area contributed by atoms with Crippen molar-refractivity contribution in [1.82, 2.24) is 4.90 Å². The van der Waals surface area contributed by atoms with E-state index in [0.29, 0.717) is 29.9 Å². The molecule has 1 aliphatic heterocycles. The van der Waals surface area contributed by atoms with Crippen LogP contribution < -0.4 is 4.74 Å². The normalized spacial score (nSPS) is 23.3. The van der Waals surface area contributed by atoms with Crippen LogP contribution in [0.15, 0.2) is 71.9 Å². The molecule has 61 heavy (non-hydrogen) atoms. The van der Waals surface area contributed by atoms with Crippen LogP contribution in [-0.4, -0.2) is 82.3 Å². The van der Waals surface area contributed by atoms with Crippen LogP contribution in [0.5, 0.6) is 11.5 Å². The lowest BCUT2D eigenvalue weighted by Crippen LogP contribution is -2.69. The molecule has 1 saturated carbocycles. The Morgan fingerprint density at radius 2 is 1.64 bits per heavy atom. The highest BCUT2D eigenvalue weighted by Crippen LogP contribution is 2.61. The third-order valence-corrected chi connectivity index (χ3v) is 12.7. The zero-order chi connectivity index (χ0) is 43.6. The minimum atomic E-state index is -1.43. The topological polar surface area (TPSA) is 173 Å². The molecule has 0 spiro atoms. The van der Waals surface area contributed by atoms with Crippen LogP contribution in [0.25, 0.3) is 0 Å². The van der Waals surface area contributed by atoms with Gasteiger partial charge in [-0.1, -0.05) is 94.9 Å². The van der Waals surface area contributed by atoms with Gasteiger partial charge < -0.3 is 39.3 Å².